The van der Waals surface area contributed by atoms with E-state index in [0.29, 0.717) is 5.69 Å². The smallest absolute Gasteiger partial charge is 0.375 e. The van der Waals surface area contributed by atoms with Crippen LogP contribution < -0.4 is 5.32 Å². The minimum absolute atomic E-state index is 0.0128. The van der Waals surface area contributed by atoms with Gasteiger partial charge in [0.25, 0.3) is 0 Å². The van der Waals surface area contributed by atoms with Crippen LogP contribution in [0.2, 0.25) is 0 Å². The fourth-order valence-electron chi connectivity index (χ4n) is 2.16. The summed E-state index contributed by atoms with van der Waals surface area (Å²) in [5.74, 6) is -0.647. The molecular weight excluding hydrogens is 337 g/mol. The number of aromatic nitrogens is 3. The number of pyridine rings is 1. The third-order valence-electron chi connectivity index (χ3n) is 3.18. The van der Waals surface area contributed by atoms with Crippen molar-refractivity contribution in [2.75, 3.05) is 11.9 Å². The van der Waals surface area contributed by atoms with Crippen molar-refractivity contribution in [3.05, 3.63) is 17.8 Å². The molecule has 0 saturated heterocycles. The number of halogens is 3. The van der Waals surface area contributed by atoms with Gasteiger partial charge in [0, 0.05) is 5.69 Å². The lowest BCUT2D eigenvalue weighted by Crippen LogP contribution is -2.25. The highest BCUT2D eigenvalue weighted by molar-refractivity contribution is 5.91. The number of nitrogens with zero attached hydrogens (tertiary/aromatic N) is 3. The van der Waals surface area contributed by atoms with E-state index in [0.717, 1.165) is 4.57 Å². The second-order valence-electron chi connectivity index (χ2n) is 6.69. The predicted octanol–water partition coefficient (Wildman–Crippen LogP) is 3.45. The number of hydrogen-bond donors (Lipinski definition) is 1. The number of aryl methyl sites for hydroxylation is 1. The molecule has 138 valence electrons. The second-order valence-corrected chi connectivity index (χ2v) is 6.69. The molecule has 0 unspecified atom stereocenters. The molecular formula is C16H21F3N4O2. The summed E-state index contributed by atoms with van der Waals surface area (Å²) in [5.41, 5.74) is 0.535. The number of carbonyl (C=O) groups is 1. The van der Waals surface area contributed by atoms with E-state index < -0.39 is 24.2 Å². The normalized spacial score (nSPS) is 12.6. The number of amides is 1. The molecule has 0 aromatic carbocycles. The van der Waals surface area contributed by atoms with E-state index in [1.54, 1.807) is 19.1 Å². The van der Waals surface area contributed by atoms with E-state index in [1.165, 1.54) is 0 Å². The highest BCUT2D eigenvalue weighted by Crippen LogP contribution is 2.25. The highest BCUT2D eigenvalue weighted by atomic mass is 19.4. The van der Waals surface area contributed by atoms with E-state index in [4.69, 9.17) is 4.74 Å². The Balaban J connectivity index is 2.21. The Morgan fingerprint density at radius 2 is 1.92 bits per heavy atom. The molecule has 6 nitrogen and oxygen atoms in total. The van der Waals surface area contributed by atoms with E-state index in [-0.39, 0.29) is 30.1 Å². The lowest BCUT2D eigenvalue weighted by atomic mass is 10.2. The van der Waals surface area contributed by atoms with Gasteiger partial charge in [-0.05, 0) is 39.8 Å². The van der Waals surface area contributed by atoms with Crippen molar-refractivity contribution in [1.29, 1.82) is 0 Å². The molecule has 0 saturated carbocycles. The number of ether oxygens (including phenoxy) is 1. The first-order valence-corrected chi connectivity index (χ1v) is 7.79. The number of alkyl halides is 3. The van der Waals surface area contributed by atoms with Gasteiger partial charge in [-0.15, -0.1) is 0 Å². The van der Waals surface area contributed by atoms with Crippen LogP contribution in [0.25, 0.3) is 11.2 Å². The SMILES string of the molecule is Cc1ccc2nc(NC(=O)CCOC(C)(C)C)n(CC(F)(F)F)c2n1. The fraction of sp³-hybridized carbons (Fsp3) is 0.562. The van der Waals surface area contributed by atoms with Gasteiger partial charge >= 0.3 is 6.18 Å². The van der Waals surface area contributed by atoms with Crippen molar-refractivity contribution in [3.8, 4) is 0 Å². The first-order valence-electron chi connectivity index (χ1n) is 7.79. The maximum atomic E-state index is 12.9. The van der Waals surface area contributed by atoms with Crippen molar-refractivity contribution in [1.82, 2.24) is 14.5 Å². The highest BCUT2D eigenvalue weighted by Gasteiger charge is 2.31. The van der Waals surface area contributed by atoms with E-state index in [2.05, 4.69) is 15.3 Å². The van der Waals surface area contributed by atoms with Gasteiger partial charge in [-0.25, -0.2) is 9.97 Å². The monoisotopic (exact) mass is 358 g/mol. The lowest BCUT2D eigenvalue weighted by Gasteiger charge is -2.19. The van der Waals surface area contributed by atoms with Crippen molar-refractivity contribution in [3.63, 3.8) is 0 Å². The van der Waals surface area contributed by atoms with Crippen molar-refractivity contribution in [2.45, 2.75) is 52.4 Å². The van der Waals surface area contributed by atoms with Gasteiger partial charge in [-0.1, -0.05) is 0 Å². The summed E-state index contributed by atoms with van der Waals surface area (Å²) in [5, 5.41) is 2.42. The van der Waals surface area contributed by atoms with Crippen LogP contribution in [0, 0.1) is 6.92 Å². The second kappa shape index (κ2) is 6.99. The summed E-state index contributed by atoms with van der Waals surface area (Å²) in [6.45, 7) is 6.09. The van der Waals surface area contributed by atoms with E-state index in [9.17, 15) is 18.0 Å². The number of fused-ring (bicyclic) bond motifs is 1. The summed E-state index contributed by atoms with van der Waals surface area (Å²) < 4.78 is 45.0. The average Bonchev–Trinajstić information content (AvgIpc) is 2.73. The Bertz CT molecular complexity index is 763. The quantitative estimate of drug-likeness (QED) is 0.889. The molecule has 0 spiro atoms. The minimum Gasteiger partial charge on any atom is -0.375 e. The van der Waals surface area contributed by atoms with E-state index in [1.807, 2.05) is 20.8 Å². The van der Waals surface area contributed by atoms with Crippen molar-refractivity contribution < 1.29 is 22.7 Å². The molecule has 0 bridgehead atoms. The Hall–Kier alpha value is -2.16. The molecule has 9 heteroatoms. The zero-order valence-corrected chi connectivity index (χ0v) is 14.6. The molecule has 2 heterocycles. The zero-order chi connectivity index (χ0) is 18.8. The van der Waals surface area contributed by atoms with Crippen LogP contribution >= 0.6 is 0 Å². The molecule has 0 atom stereocenters. The molecule has 1 N–H and O–H groups in total. The Morgan fingerprint density at radius 3 is 2.52 bits per heavy atom. The molecule has 0 radical (unpaired) electrons. The number of hydrogen-bond acceptors (Lipinski definition) is 4. The molecule has 0 fully saturated rings. The molecule has 0 aliphatic carbocycles. The summed E-state index contributed by atoms with van der Waals surface area (Å²) >= 11 is 0. The zero-order valence-electron chi connectivity index (χ0n) is 14.6. The largest absolute Gasteiger partial charge is 0.406 e. The molecule has 25 heavy (non-hydrogen) atoms. The maximum absolute atomic E-state index is 12.9. The van der Waals surface area contributed by atoms with Crippen LogP contribution in [0.3, 0.4) is 0 Å². The average molecular weight is 358 g/mol. The first-order chi connectivity index (χ1) is 11.4. The van der Waals surface area contributed by atoms with Crippen LogP contribution in [0.1, 0.15) is 32.9 Å². The van der Waals surface area contributed by atoms with Crippen molar-refractivity contribution in [2.24, 2.45) is 0 Å². The van der Waals surface area contributed by atoms with Crippen LogP contribution in [-0.4, -0.2) is 38.8 Å². The number of anilines is 1. The van der Waals surface area contributed by atoms with Crippen LogP contribution in [0.4, 0.5) is 19.1 Å². The van der Waals surface area contributed by atoms with Gasteiger partial charge in [0.1, 0.15) is 12.1 Å². The molecule has 0 aliphatic rings. The van der Waals surface area contributed by atoms with Crippen LogP contribution in [0.5, 0.6) is 0 Å². The Labute approximate surface area is 143 Å². The standard InChI is InChI=1S/C16H21F3N4O2/c1-10-5-6-11-13(20-10)23(9-16(17,18)19)14(21-11)22-12(24)7-8-25-15(2,3)4/h5-6H,7-9H2,1-4H3,(H,21,22,24). The molecule has 1 amide bonds. The van der Waals surface area contributed by atoms with Crippen LogP contribution in [0.15, 0.2) is 12.1 Å². The van der Waals surface area contributed by atoms with Gasteiger partial charge in [0.05, 0.1) is 18.6 Å². The van der Waals surface area contributed by atoms with Crippen LogP contribution in [-0.2, 0) is 16.1 Å². The molecule has 2 rings (SSSR count). The Morgan fingerprint density at radius 1 is 1.24 bits per heavy atom. The molecule has 2 aromatic rings. The maximum Gasteiger partial charge on any atom is 0.406 e. The molecule has 0 aliphatic heterocycles. The number of nitrogens with one attached hydrogen (secondary N) is 1. The summed E-state index contributed by atoms with van der Waals surface area (Å²) in [7, 11) is 0. The third-order valence-corrected chi connectivity index (χ3v) is 3.18. The first kappa shape index (κ1) is 19.2. The number of imidazole rings is 1. The fourth-order valence-corrected chi connectivity index (χ4v) is 2.16. The summed E-state index contributed by atoms with van der Waals surface area (Å²) in [6.07, 6.45) is -4.45. The summed E-state index contributed by atoms with van der Waals surface area (Å²) in [4.78, 5) is 20.2. The lowest BCUT2D eigenvalue weighted by molar-refractivity contribution is -0.139. The van der Waals surface area contributed by atoms with Gasteiger partial charge < -0.3 is 4.74 Å². The Kier molecular flexibility index (Phi) is 5.36. The van der Waals surface area contributed by atoms with Crippen molar-refractivity contribution >= 4 is 23.0 Å². The van der Waals surface area contributed by atoms with Gasteiger partial charge in [0.15, 0.2) is 5.65 Å². The summed E-state index contributed by atoms with van der Waals surface area (Å²) in [6, 6.07) is 3.22. The third kappa shape index (κ3) is 5.70. The topological polar surface area (TPSA) is 69.0 Å². The molecule has 2 aromatic heterocycles. The van der Waals surface area contributed by atoms with Gasteiger partial charge in [0.2, 0.25) is 11.9 Å². The predicted molar refractivity (Wildman–Crippen MR) is 87.3 cm³/mol. The minimum atomic E-state index is -4.46. The van der Waals surface area contributed by atoms with Gasteiger partial charge in [-0.3, -0.25) is 14.7 Å². The number of carbonyl (C=O) groups excluding carboxylic acids is 1. The van der Waals surface area contributed by atoms with E-state index >= 15 is 0 Å². The number of rotatable bonds is 5. The van der Waals surface area contributed by atoms with Gasteiger partial charge in [-0.2, -0.15) is 13.2 Å².